The Balaban J connectivity index is 2.00. The van der Waals surface area contributed by atoms with Crippen molar-refractivity contribution < 1.29 is 9.18 Å². The van der Waals surface area contributed by atoms with Gasteiger partial charge in [0.05, 0.1) is 0 Å². The Morgan fingerprint density at radius 3 is 2.60 bits per heavy atom. The Morgan fingerprint density at radius 1 is 1.30 bits per heavy atom. The van der Waals surface area contributed by atoms with Crippen LogP contribution in [-0.4, -0.2) is 18.5 Å². The van der Waals surface area contributed by atoms with Crippen molar-refractivity contribution in [3.05, 3.63) is 29.0 Å². The number of benzene rings is 1. The van der Waals surface area contributed by atoms with Crippen molar-refractivity contribution in [3.8, 4) is 0 Å². The lowest BCUT2D eigenvalue weighted by molar-refractivity contribution is -0.117. The van der Waals surface area contributed by atoms with E-state index in [1.54, 1.807) is 6.07 Å². The highest BCUT2D eigenvalue weighted by Gasteiger charge is 2.32. The van der Waals surface area contributed by atoms with E-state index in [0.717, 1.165) is 25.7 Å². The Hall–Kier alpha value is -1.13. The maximum absolute atomic E-state index is 13.2. The molecule has 0 bridgehead atoms. The molecule has 0 atom stereocenters. The summed E-state index contributed by atoms with van der Waals surface area (Å²) in [6.45, 7) is 0. The molecule has 0 heterocycles. The van der Waals surface area contributed by atoms with E-state index in [1.807, 2.05) is 7.05 Å². The molecule has 0 unspecified atom stereocenters. The van der Waals surface area contributed by atoms with Gasteiger partial charge in [-0.3, -0.25) is 4.79 Å². The van der Waals surface area contributed by atoms with E-state index in [1.165, 1.54) is 18.6 Å². The van der Waals surface area contributed by atoms with Gasteiger partial charge in [0.2, 0.25) is 5.91 Å². The standard InChI is InChI=1S/C15H20ClFN2O/c1-18-15(5-3-2-4-6-15)10-14(20)19-13-8-11(16)7-12(17)9-13/h7-9,18H,2-6,10H2,1H3,(H,19,20). The molecule has 1 saturated carbocycles. The van der Waals surface area contributed by atoms with Crippen LogP contribution in [0, 0.1) is 5.82 Å². The van der Waals surface area contributed by atoms with Crippen LogP contribution in [0.25, 0.3) is 0 Å². The minimum Gasteiger partial charge on any atom is -0.326 e. The van der Waals surface area contributed by atoms with E-state index in [-0.39, 0.29) is 16.5 Å². The predicted octanol–water partition coefficient (Wildman–Crippen LogP) is 3.73. The molecule has 2 rings (SSSR count). The van der Waals surface area contributed by atoms with Gasteiger partial charge in [-0.25, -0.2) is 4.39 Å². The summed E-state index contributed by atoms with van der Waals surface area (Å²) in [5.41, 5.74) is 0.279. The summed E-state index contributed by atoms with van der Waals surface area (Å²) >= 11 is 5.78. The van der Waals surface area contributed by atoms with E-state index in [2.05, 4.69) is 10.6 Å². The average molecular weight is 299 g/mol. The van der Waals surface area contributed by atoms with Crippen molar-refractivity contribution >= 4 is 23.2 Å². The molecule has 1 aliphatic rings. The molecule has 20 heavy (non-hydrogen) atoms. The summed E-state index contributed by atoms with van der Waals surface area (Å²) in [5.74, 6) is -0.559. The fourth-order valence-corrected chi connectivity index (χ4v) is 3.10. The summed E-state index contributed by atoms with van der Waals surface area (Å²) in [4.78, 5) is 12.2. The first kappa shape index (κ1) is 15.3. The van der Waals surface area contributed by atoms with Crippen LogP contribution >= 0.6 is 11.6 Å². The molecule has 0 saturated heterocycles. The second-order valence-electron chi connectivity index (χ2n) is 5.47. The van der Waals surface area contributed by atoms with E-state index >= 15 is 0 Å². The fourth-order valence-electron chi connectivity index (χ4n) is 2.88. The van der Waals surface area contributed by atoms with Crippen molar-refractivity contribution in [2.24, 2.45) is 0 Å². The minimum absolute atomic E-state index is 0.108. The zero-order valence-electron chi connectivity index (χ0n) is 11.6. The predicted molar refractivity (Wildman–Crippen MR) is 79.5 cm³/mol. The molecule has 1 aliphatic carbocycles. The molecule has 0 spiro atoms. The fraction of sp³-hybridized carbons (Fsp3) is 0.533. The van der Waals surface area contributed by atoms with Gasteiger partial charge < -0.3 is 10.6 Å². The highest BCUT2D eigenvalue weighted by molar-refractivity contribution is 6.30. The smallest absolute Gasteiger partial charge is 0.226 e. The lowest BCUT2D eigenvalue weighted by Gasteiger charge is -2.36. The molecule has 1 aromatic carbocycles. The quantitative estimate of drug-likeness (QED) is 0.889. The molecular formula is C15H20ClFN2O. The van der Waals surface area contributed by atoms with Crippen LogP contribution in [0.4, 0.5) is 10.1 Å². The number of carbonyl (C=O) groups is 1. The van der Waals surface area contributed by atoms with Gasteiger partial charge in [0.1, 0.15) is 5.82 Å². The molecule has 0 aliphatic heterocycles. The number of carbonyl (C=O) groups excluding carboxylic acids is 1. The number of hydrogen-bond acceptors (Lipinski definition) is 2. The first-order valence-corrected chi connectivity index (χ1v) is 7.36. The van der Waals surface area contributed by atoms with Gasteiger partial charge >= 0.3 is 0 Å². The van der Waals surface area contributed by atoms with Gasteiger partial charge in [0.15, 0.2) is 0 Å². The van der Waals surface area contributed by atoms with Gasteiger partial charge in [0.25, 0.3) is 0 Å². The second kappa shape index (κ2) is 6.55. The van der Waals surface area contributed by atoms with E-state index in [4.69, 9.17) is 11.6 Å². The number of amides is 1. The van der Waals surface area contributed by atoms with Crippen LogP contribution in [-0.2, 0) is 4.79 Å². The van der Waals surface area contributed by atoms with Crippen LogP contribution in [0.15, 0.2) is 18.2 Å². The average Bonchev–Trinajstić information content (AvgIpc) is 2.38. The summed E-state index contributed by atoms with van der Waals surface area (Å²) in [6.07, 6.45) is 5.91. The van der Waals surface area contributed by atoms with E-state index < -0.39 is 5.82 Å². The van der Waals surface area contributed by atoms with Crippen molar-refractivity contribution in [1.29, 1.82) is 0 Å². The van der Waals surface area contributed by atoms with Crippen LogP contribution in [0.3, 0.4) is 0 Å². The molecule has 3 nitrogen and oxygen atoms in total. The van der Waals surface area contributed by atoms with Crippen molar-refractivity contribution in [2.45, 2.75) is 44.1 Å². The Morgan fingerprint density at radius 2 is 2.00 bits per heavy atom. The monoisotopic (exact) mass is 298 g/mol. The molecule has 5 heteroatoms. The summed E-state index contributed by atoms with van der Waals surface area (Å²) in [7, 11) is 1.90. The second-order valence-corrected chi connectivity index (χ2v) is 5.91. The lowest BCUT2D eigenvalue weighted by atomic mass is 9.79. The zero-order valence-corrected chi connectivity index (χ0v) is 12.4. The summed E-state index contributed by atoms with van der Waals surface area (Å²) in [6, 6.07) is 4.04. The SMILES string of the molecule is CNC1(CC(=O)Nc2cc(F)cc(Cl)c2)CCCCC1. The Bertz CT molecular complexity index is 467. The first-order chi connectivity index (χ1) is 9.53. The Kier molecular flexibility index (Phi) is 5.00. The zero-order chi connectivity index (χ0) is 14.6. The van der Waals surface area contributed by atoms with Crippen molar-refractivity contribution in [2.75, 3.05) is 12.4 Å². The third-order valence-electron chi connectivity index (χ3n) is 3.99. The molecule has 0 aromatic heterocycles. The molecule has 0 radical (unpaired) electrons. The summed E-state index contributed by atoms with van der Waals surface area (Å²) in [5, 5.41) is 6.30. The lowest BCUT2D eigenvalue weighted by Crippen LogP contribution is -2.47. The number of rotatable bonds is 4. The Labute approximate surface area is 123 Å². The molecule has 1 aromatic rings. The molecular weight excluding hydrogens is 279 g/mol. The molecule has 2 N–H and O–H groups in total. The van der Waals surface area contributed by atoms with Gasteiger partial charge in [-0.2, -0.15) is 0 Å². The maximum atomic E-state index is 13.2. The number of halogens is 2. The number of hydrogen-bond donors (Lipinski definition) is 2. The number of anilines is 1. The first-order valence-electron chi connectivity index (χ1n) is 6.98. The number of nitrogens with one attached hydrogen (secondary N) is 2. The highest BCUT2D eigenvalue weighted by Crippen LogP contribution is 2.31. The van der Waals surface area contributed by atoms with Crippen molar-refractivity contribution in [1.82, 2.24) is 5.32 Å². The van der Waals surface area contributed by atoms with Crippen LogP contribution < -0.4 is 10.6 Å². The largest absolute Gasteiger partial charge is 0.326 e. The molecule has 110 valence electrons. The highest BCUT2D eigenvalue weighted by atomic mass is 35.5. The third kappa shape index (κ3) is 3.93. The molecule has 1 amide bonds. The van der Waals surface area contributed by atoms with Gasteiger partial charge in [-0.15, -0.1) is 0 Å². The van der Waals surface area contributed by atoms with Gasteiger partial charge in [0, 0.05) is 22.7 Å². The van der Waals surface area contributed by atoms with E-state index in [9.17, 15) is 9.18 Å². The summed E-state index contributed by atoms with van der Waals surface area (Å²) < 4.78 is 13.2. The molecule has 1 fully saturated rings. The van der Waals surface area contributed by atoms with E-state index in [0.29, 0.717) is 12.1 Å². The normalized spacial score (nSPS) is 17.8. The van der Waals surface area contributed by atoms with Crippen LogP contribution in [0.2, 0.25) is 5.02 Å². The van der Waals surface area contributed by atoms with Crippen LogP contribution in [0.1, 0.15) is 38.5 Å². The van der Waals surface area contributed by atoms with Crippen LogP contribution in [0.5, 0.6) is 0 Å². The maximum Gasteiger partial charge on any atom is 0.226 e. The third-order valence-corrected chi connectivity index (χ3v) is 4.20. The topological polar surface area (TPSA) is 41.1 Å². The van der Waals surface area contributed by atoms with Gasteiger partial charge in [-0.1, -0.05) is 30.9 Å². The van der Waals surface area contributed by atoms with Gasteiger partial charge in [-0.05, 0) is 38.1 Å². The van der Waals surface area contributed by atoms with Crippen molar-refractivity contribution in [3.63, 3.8) is 0 Å². The minimum atomic E-state index is -0.450.